The standard InChI is InChI=1S/C36H40N2O2/c1-23-13-9-19-29(37-21-25-15-11-17-27(33(25)39)35(3,4)5)31(23)32-24(2)14-10-20-30(32)38-22-26-16-12-18-28(34(26)40)36(6,7)8/h9-22,39-40H,1-8H3. The second kappa shape index (κ2) is 11.1. The van der Waals surface area contributed by atoms with Crippen LogP contribution in [0.4, 0.5) is 11.4 Å². The summed E-state index contributed by atoms with van der Waals surface area (Å²) in [6, 6.07) is 23.7. The molecule has 0 heterocycles. The van der Waals surface area contributed by atoms with Crippen molar-refractivity contribution in [3.05, 3.63) is 106 Å². The highest BCUT2D eigenvalue weighted by Crippen LogP contribution is 2.42. The molecule has 0 unspecified atom stereocenters. The van der Waals surface area contributed by atoms with Crippen molar-refractivity contribution in [1.29, 1.82) is 0 Å². The van der Waals surface area contributed by atoms with Gasteiger partial charge in [-0.15, -0.1) is 0 Å². The predicted octanol–water partition coefficient (Wildman–Crippen LogP) is 9.48. The molecule has 0 atom stereocenters. The van der Waals surface area contributed by atoms with Crippen LogP contribution in [-0.2, 0) is 10.8 Å². The zero-order valence-electron chi connectivity index (χ0n) is 24.9. The van der Waals surface area contributed by atoms with Gasteiger partial charge in [0.15, 0.2) is 0 Å². The number of hydrogen-bond acceptors (Lipinski definition) is 4. The highest BCUT2D eigenvalue weighted by atomic mass is 16.3. The highest BCUT2D eigenvalue weighted by Gasteiger charge is 2.21. The molecule has 4 rings (SSSR count). The monoisotopic (exact) mass is 532 g/mol. The molecule has 4 nitrogen and oxygen atoms in total. The molecule has 0 spiro atoms. The molecule has 0 aliphatic rings. The zero-order valence-corrected chi connectivity index (χ0v) is 24.9. The predicted molar refractivity (Wildman–Crippen MR) is 169 cm³/mol. The molecule has 0 aliphatic heterocycles. The van der Waals surface area contributed by atoms with Gasteiger partial charge in [-0.05, 0) is 71.2 Å². The Morgan fingerprint density at radius 3 is 1.23 bits per heavy atom. The van der Waals surface area contributed by atoms with Gasteiger partial charge in [0, 0.05) is 34.7 Å². The van der Waals surface area contributed by atoms with Crippen molar-refractivity contribution in [3.8, 4) is 22.6 Å². The first kappa shape index (κ1) is 28.8. The molecule has 0 aromatic heterocycles. The summed E-state index contributed by atoms with van der Waals surface area (Å²) >= 11 is 0. The number of rotatable bonds is 5. The van der Waals surface area contributed by atoms with E-state index in [0.29, 0.717) is 11.1 Å². The second-order valence-electron chi connectivity index (χ2n) is 12.4. The Labute approximate surface area is 238 Å². The third kappa shape index (κ3) is 6.02. The van der Waals surface area contributed by atoms with Crippen molar-refractivity contribution in [2.45, 2.75) is 66.2 Å². The summed E-state index contributed by atoms with van der Waals surface area (Å²) < 4.78 is 0. The van der Waals surface area contributed by atoms with Crippen molar-refractivity contribution in [1.82, 2.24) is 0 Å². The molecule has 4 aromatic carbocycles. The fraction of sp³-hybridized carbons (Fsp3) is 0.278. The Morgan fingerprint density at radius 2 is 0.875 bits per heavy atom. The van der Waals surface area contributed by atoms with Gasteiger partial charge in [-0.2, -0.15) is 0 Å². The topological polar surface area (TPSA) is 65.2 Å². The van der Waals surface area contributed by atoms with Crippen LogP contribution in [0.2, 0.25) is 0 Å². The normalized spacial score (nSPS) is 12.5. The van der Waals surface area contributed by atoms with Gasteiger partial charge in [0.2, 0.25) is 0 Å². The Kier molecular flexibility index (Phi) is 8.02. The van der Waals surface area contributed by atoms with Gasteiger partial charge in [-0.25, -0.2) is 0 Å². The lowest BCUT2D eigenvalue weighted by molar-refractivity contribution is 0.445. The minimum absolute atomic E-state index is 0.183. The van der Waals surface area contributed by atoms with Gasteiger partial charge in [0.25, 0.3) is 0 Å². The summed E-state index contributed by atoms with van der Waals surface area (Å²) in [5, 5.41) is 21.9. The molecule has 0 aliphatic carbocycles. The third-order valence-electron chi connectivity index (χ3n) is 7.19. The fourth-order valence-electron chi connectivity index (χ4n) is 4.99. The van der Waals surface area contributed by atoms with E-state index in [1.165, 1.54) is 0 Å². The number of aliphatic imine (C=N–C) groups is 2. The van der Waals surface area contributed by atoms with E-state index >= 15 is 0 Å². The van der Waals surface area contributed by atoms with E-state index in [0.717, 1.165) is 44.8 Å². The second-order valence-corrected chi connectivity index (χ2v) is 12.4. The first-order valence-electron chi connectivity index (χ1n) is 13.7. The minimum atomic E-state index is -0.183. The van der Waals surface area contributed by atoms with Crippen LogP contribution >= 0.6 is 0 Å². The first-order valence-corrected chi connectivity index (χ1v) is 13.7. The van der Waals surface area contributed by atoms with Crippen molar-refractivity contribution < 1.29 is 10.2 Å². The van der Waals surface area contributed by atoms with Gasteiger partial charge in [-0.3, -0.25) is 9.98 Å². The molecule has 4 heteroatoms. The minimum Gasteiger partial charge on any atom is -0.507 e. The Hall–Kier alpha value is -4.18. The maximum Gasteiger partial charge on any atom is 0.128 e. The average molecular weight is 533 g/mol. The lowest BCUT2D eigenvalue weighted by Crippen LogP contribution is -2.11. The van der Waals surface area contributed by atoms with Crippen molar-refractivity contribution >= 4 is 23.8 Å². The fourth-order valence-corrected chi connectivity index (χ4v) is 4.99. The quantitative estimate of drug-likeness (QED) is 0.251. The number of aromatic hydroxyl groups is 2. The molecule has 40 heavy (non-hydrogen) atoms. The first-order chi connectivity index (χ1) is 18.8. The Balaban J connectivity index is 1.81. The molecule has 0 saturated heterocycles. The van der Waals surface area contributed by atoms with E-state index in [9.17, 15) is 10.2 Å². The Bertz CT molecular complexity index is 1480. The summed E-state index contributed by atoms with van der Waals surface area (Å²) in [4.78, 5) is 9.75. The number of phenolic OH excluding ortho intramolecular Hbond substituents is 2. The molecule has 2 N–H and O–H groups in total. The number of phenols is 2. The van der Waals surface area contributed by atoms with Gasteiger partial charge >= 0.3 is 0 Å². The van der Waals surface area contributed by atoms with Crippen LogP contribution in [0.3, 0.4) is 0 Å². The summed E-state index contributed by atoms with van der Waals surface area (Å²) in [5.41, 5.74) is 8.48. The number of hydrogen-bond donors (Lipinski definition) is 2. The van der Waals surface area contributed by atoms with Gasteiger partial charge in [0.1, 0.15) is 11.5 Å². The van der Waals surface area contributed by atoms with E-state index in [1.807, 2.05) is 60.7 Å². The molecular weight excluding hydrogens is 492 g/mol. The van der Waals surface area contributed by atoms with Crippen molar-refractivity contribution in [2.24, 2.45) is 9.98 Å². The SMILES string of the molecule is Cc1cccc(N=Cc2cccc(C(C)(C)C)c2O)c1-c1c(C)cccc1N=Cc1cccc(C(C)(C)C)c1O. The van der Waals surface area contributed by atoms with Crippen molar-refractivity contribution in [2.75, 3.05) is 0 Å². The summed E-state index contributed by atoms with van der Waals surface area (Å²) in [6.07, 6.45) is 3.47. The van der Waals surface area contributed by atoms with Crippen LogP contribution < -0.4 is 0 Å². The zero-order chi connectivity index (χ0) is 29.2. The third-order valence-corrected chi connectivity index (χ3v) is 7.19. The number of benzene rings is 4. The summed E-state index contributed by atoms with van der Waals surface area (Å²) in [7, 11) is 0. The molecule has 0 bridgehead atoms. The van der Waals surface area contributed by atoms with Crippen LogP contribution in [0.5, 0.6) is 11.5 Å². The molecule has 0 radical (unpaired) electrons. The lowest BCUT2D eigenvalue weighted by Gasteiger charge is -2.21. The van der Waals surface area contributed by atoms with E-state index in [2.05, 4.69) is 67.5 Å². The van der Waals surface area contributed by atoms with Crippen LogP contribution in [0, 0.1) is 13.8 Å². The van der Waals surface area contributed by atoms with Crippen LogP contribution in [-0.4, -0.2) is 22.6 Å². The molecule has 0 amide bonds. The summed E-state index contributed by atoms with van der Waals surface area (Å²) in [5.74, 6) is 0.512. The number of nitrogens with zero attached hydrogens (tertiary/aromatic N) is 2. The number of aryl methyl sites for hydroxylation is 2. The molecular formula is C36H40N2O2. The van der Waals surface area contributed by atoms with Gasteiger partial charge in [-0.1, -0.05) is 90.1 Å². The van der Waals surface area contributed by atoms with E-state index in [1.54, 1.807) is 12.4 Å². The molecule has 0 saturated carbocycles. The highest BCUT2D eigenvalue weighted by molar-refractivity contribution is 5.94. The van der Waals surface area contributed by atoms with Crippen LogP contribution in [0.25, 0.3) is 11.1 Å². The van der Waals surface area contributed by atoms with E-state index < -0.39 is 0 Å². The Morgan fingerprint density at radius 1 is 0.525 bits per heavy atom. The van der Waals surface area contributed by atoms with Gasteiger partial charge in [0.05, 0.1) is 11.4 Å². The summed E-state index contributed by atoms with van der Waals surface area (Å²) in [6.45, 7) is 16.7. The number of para-hydroxylation sites is 2. The van der Waals surface area contributed by atoms with Gasteiger partial charge < -0.3 is 10.2 Å². The lowest BCUT2D eigenvalue weighted by atomic mass is 9.85. The maximum atomic E-state index is 11.0. The molecule has 0 fully saturated rings. The van der Waals surface area contributed by atoms with Crippen LogP contribution in [0.1, 0.15) is 74.9 Å². The molecule has 4 aromatic rings. The van der Waals surface area contributed by atoms with E-state index in [-0.39, 0.29) is 22.3 Å². The van der Waals surface area contributed by atoms with Crippen LogP contribution in [0.15, 0.2) is 82.8 Å². The largest absolute Gasteiger partial charge is 0.507 e. The average Bonchev–Trinajstić information content (AvgIpc) is 2.87. The van der Waals surface area contributed by atoms with E-state index in [4.69, 9.17) is 9.98 Å². The van der Waals surface area contributed by atoms with Crippen molar-refractivity contribution in [3.63, 3.8) is 0 Å². The maximum absolute atomic E-state index is 11.0. The molecule has 206 valence electrons. The smallest absolute Gasteiger partial charge is 0.128 e.